The van der Waals surface area contributed by atoms with Gasteiger partial charge in [-0.15, -0.1) is 0 Å². The van der Waals surface area contributed by atoms with Gasteiger partial charge in [0.05, 0.1) is 0 Å². The van der Waals surface area contributed by atoms with Gasteiger partial charge in [-0.05, 0) is 0 Å². The number of benzene rings is 4. The number of nitrogens with zero attached hydrogens (tertiary/aromatic N) is 6. The van der Waals surface area contributed by atoms with Crippen molar-refractivity contribution >= 4 is 14.0 Å². The van der Waals surface area contributed by atoms with E-state index in [0.29, 0.717) is 37.7 Å². The molecule has 4 atom stereocenters. The quantitative estimate of drug-likeness (QED) is 0.233. The second-order valence-corrected chi connectivity index (χ2v) is 16.1. The summed E-state index contributed by atoms with van der Waals surface area (Å²) in [4.78, 5) is 13.1. The van der Waals surface area contributed by atoms with Crippen LogP contribution in [0.1, 0.15) is 52.0 Å². The molecule has 4 saturated heterocycles. The van der Waals surface area contributed by atoms with E-state index in [1.807, 2.05) is 48.5 Å². The first-order valence-electron chi connectivity index (χ1n) is 16.8. The molecular formula is C40H24N6O4Pt-2. The van der Waals surface area contributed by atoms with E-state index >= 15 is 0 Å². The standard InChI is InChI=1S/C40H24N6O4.Pt/c1-42-32-8-6-25(7-9-32)27-12-30-15-31(13-27)36-20-50-40-38-44(22-46(36)40)34(18-48-38)29-11-26(24-4-2-23(16-41)3-5-24)10-28(14-29)33-17-47-37-39-45(21-43(33)37)35(30)19-49-39;/h2-13,33-36H,17-20H2;/q-2;. The molecule has 6 bridgehead atoms. The second-order valence-electron chi connectivity index (χ2n) is 13.5. The number of hydrogen-bond acceptors (Lipinski definition) is 9. The molecular weight excluding hydrogens is 824 g/mol. The van der Waals surface area contributed by atoms with Crippen molar-refractivity contribution in [2.24, 2.45) is 0 Å². The summed E-state index contributed by atoms with van der Waals surface area (Å²) in [6.45, 7) is 9.39. The molecule has 4 aromatic rings. The van der Waals surface area contributed by atoms with Crippen molar-refractivity contribution in [1.29, 1.82) is 5.26 Å². The van der Waals surface area contributed by atoms with Crippen LogP contribution in [0.15, 0.2) is 96.3 Å². The minimum absolute atomic E-state index is 0.0978. The molecule has 0 radical (unpaired) electrons. The van der Waals surface area contributed by atoms with E-state index < -0.39 is 17.6 Å². The third-order valence-corrected chi connectivity index (χ3v) is 14.0. The Morgan fingerprint density at radius 2 is 0.961 bits per heavy atom. The van der Waals surface area contributed by atoms with Crippen LogP contribution in [0.2, 0.25) is 0 Å². The van der Waals surface area contributed by atoms with Crippen molar-refractivity contribution in [3.63, 3.8) is 0 Å². The van der Waals surface area contributed by atoms with Crippen LogP contribution in [-0.2, 0) is 36.6 Å². The Bertz CT molecular complexity index is 2240. The van der Waals surface area contributed by atoms with Crippen LogP contribution in [0, 0.1) is 30.0 Å². The van der Waals surface area contributed by atoms with Crippen molar-refractivity contribution in [2.45, 2.75) is 24.2 Å². The molecule has 0 amide bonds. The van der Waals surface area contributed by atoms with Crippen LogP contribution in [0.25, 0.3) is 27.1 Å². The van der Waals surface area contributed by atoms with Crippen molar-refractivity contribution in [3.05, 3.63) is 148 Å². The number of ether oxygens (including phenoxy) is 4. The monoisotopic (exact) mass is 847 g/mol. The molecule has 12 rings (SSSR count). The van der Waals surface area contributed by atoms with Crippen molar-refractivity contribution in [1.82, 2.24) is 19.6 Å². The predicted molar refractivity (Wildman–Crippen MR) is 179 cm³/mol. The third kappa shape index (κ3) is 3.68. The van der Waals surface area contributed by atoms with E-state index in [1.54, 1.807) is 0 Å². The van der Waals surface area contributed by atoms with Crippen LogP contribution in [0.5, 0.6) is 0 Å². The molecule has 0 N–H and O–H groups in total. The molecule has 8 aliphatic heterocycles. The number of rotatable bonds is 2. The van der Waals surface area contributed by atoms with Crippen LogP contribution >= 0.6 is 0 Å². The molecule has 4 fully saturated rings. The molecule has 8 heterocycles. The van der Waals surface area contributed by atoms with E-state index in [1.165, 1.54) is 8.29 Å². The maximum absolute atomic E-state index is 9.45. The summed E-state index contributed by atoms with van der Waals surface area (Å²) in [5, 5.41) is 9.45. The first-order valence-corrected chi connectivity index (χ1v) is 19.0. The van der Waals surface area contributed by atoms with Gasteiger partial charge in [0.2, 0.25) is 0 Å². The summed E-state index contributed by atoms with van der Waals surface area (Å²) in [5.74, 6) is 3.05. The minimum atomic E-state index is -0.852. The molecule has 51 heavy (non-hydrogen) atoms. The van der Waals surface area contributed by atoms with Gasteiger partial charge in [-0.2, -0.15) is 0 Å². The molecule has 250 valence electrons. The fourth-order valence-corrected chi connectivity index (χ4v) is 12.2. The molecule has 8 aliphatic rings. The number of hydrogen-bond donors (Lipinski definition) is 0. The summed E-state index contributed by atoms with van der Waals surface area (Å²) < 4.78 is 28.7. The molecule has 10 nitrogen and oxygen atoms in total. The topological polar surface area (TPSA) is 78.0 Å². The zero-order chi connectivity index (χ0) is 33.5. The molecule has 11 heteroatoms. The first-order chi connectivity index (χ1) is 25.1. The van der Waals surface area contributed by atoms with E-state index in [4.69, 9.17) is 25.5 Å². The fraction of sp³-hybridized carbons (Fsp3) is 0.200. The van der Waals surface area contributed by atoms with Gasteiger partial charge in [0.15, 0.2) is 0 Å². The van der Waals surface area contributed by atoms with E-state index in [0.717, 1.165) is 68.0 Å². The Labute approximate surface area is 300 Å². The summed E-state index contributed by atoms with van der Waals surface area (Å²) >= 11 is -0.852. The van der Waals surface area contributed by atoms with Crippen LogP contribution < -0.4 is 0 Å². The van der Waals surface area contributed by atoms with Crippen LogP contribution in [-0.4, -0.2) is 54.3 Å². The molecule has 0 saturated carbocycles. The predicted octanol–water partition coefficient (Wildman–Crippen LogP) is 5.80. The maximum atomic E-state index is 9.45. The third-order valence-electron chi connectivity index (χ3n) is 10.8. The van der Waals surface area contributed by atoms with Crippen LogP contribution in [0.4, 0.5) is 5.69 Å². The van der Waals surface area contributed by atoms with Gasteiger partial charge in [-0.1, -0.05) is 0 Å². The molecule has 0 aliphatic carbocycles. The summed E-state index contributed by atoms with van der Waals surface area (Å²) in [7, 11) is 0. The van der Waals surface area contributed by atoms with E-state index in [9.17, 15) is 5.26 Å². The van der Waals surface area contributed by atoms with E-state index in [2.05, 4.69) is 66.9 Å². The van der Waals surface area contributed by atoms with Gasteiger partial charge >= 0.3 is 295 Å². The molecule has 4 aromatic carbocycles. The Kier molecular flexibility index (Phi) is 5.42. The van der Waals surface area contributed by atoms with Gasteiger partial charge in [-0.25, -0.2) is 0 Å². The van der Waals surface area contributed by atoms with Gasteiger partial charge in [0, 0.05) is 0 Å². The zero-order valence-corrected chi connectivity index (χ0v) is 29.0. The Balaban J connectivity index is 1.10. The van der Waals surface area contributed by atoms with Crippen molar-refractivity contribution in [2.75, 3.05) is 26.4 Å². The van der Waals surface area contributed by atoms with Gasteiger partial charge < -0.3 is 6.57 Å². The Morgan fingerprint density at radius 1 is 0.588 bits per heavy atom. The summed E-state index contributed by atoms with van der Waals surface area (Å²) in [6.07, 6.45) is 0. The van der Waals surface area contributed by atoms with E-state index in [-0.39, 0.29) is 24.2 Å². The number of fused-ring (bicyclic) bond motifs is 8. The van der Waals surface area contributed by atoms with Crippen LogP contribution in [0.3, 0.4) is 0 Å². The first kappa shape index (κ1) is 27.9. The second kappa shape index (κ2) is 9.90. The van der Waals surface area contributed by atoms with Gasteiger partial charge in [0.25, 0.3) is 0 Å². The Hall–Kier alpha value is -5.83. The molecule has 0 aromatic heterocycles. The van der Waals surface area contributed by atoms with Gasteiger partial charge in [-0.3, -0.25) is 0 Å². The van der Waals surface area contributed by atoms with Crippen molar-refractivity contribution in [3.8, 4) is 28.3 Å². The Morgan fingerprint density at radius 3 is 1.31 bits per heavy atom. The summed E-state index contributed by atoms with van der Waals surface area (Å²) in [6, 6.07) is 34.0. The SMILES string of the molecule is [C-]#[N+]c1ccc(-c2cc3[c-]c(c2)C2COC4=C5OCC6c7[c-]c(cc(-c8ccc(C#N)cc8)c7)C7COC8=C9OCC3N9[C](=[Pt]=[C](N56)N42)N87)cc1. The molecule has 4 unspecified atom stereocenters. The number of nitriles is 1. The average Bonchev–Trinajstić information content (AvgIpc) is 4.02. The normalized spacial score (nSPS) is 25.2. The average molecular weight is 848 g/mol. The molecule has 0 spiro atoms. The van der Waals surface area contributed by atoms with Crippen molar-refractivity contribution < 1.29 is 36.6 Å². The summed E-state index contributed by atoms with van der Waals surface area (Å²) in [5.41, 5.74) is 9.66. The van der Waals surface area contributed by atoms with Gasteiger partial charge in [0.1, 0.15) is 0 Å². The zero-order valence-electron chi connectivity index (χ0n) is 26.7. The fourth-order valence-electron chi connectivity index (χ4n) is 8.33.